The summed E-state index contributed by atoms with van der Waals surface area (Å²) in [5.41, 5.74) is 0. The standard InChI is InChI=1S/C43H84N2O10/c1-3-5-7-9-11-12-13-14-15-17-20-24-28-35(47)39(50)34(33-54-43-42(53)41(52)40(51)36(32-46)55-43)45-38(49)30-26-22-18-19-23-27-31-44-37(48)29-25-21-16-10-8-6-4-2/h34-36,39-43,46-47,50-53H,3-33H2,1-2H3,(H,44,48)(H,45,49)/t34?,35?,36-,39?,40+,41+,42-,43+/m1/s1. The van der Waals surface area contributed by atoms with Gasteiger partial charge in [0.2, 0.25) is 11.8 Å². The first kappa shape index (κ1) is 51.6. The van der Waals surface area contributed by atoms with Gasteiger partial charge in [0.1, 0.15) is 30.5 Å². The molecule has 326 valence electrons. The number of hydrogen-bond acceptors (Lipinski definition) is 10. The van der Waals surface area contributed by atoms with Gasteiger partial charge in [-0.3, -0.25) is 9.59 Å². The van der Waals surface area contributed by atoms with Crippen molar-refractivity contribution in [2.75, 3.05) is 19.8 Å². The van der Waals surface area contributed by atoms with Crippen LogP contribution in [0.2, 0.25) is 0 Å². The molecule has 0 radical (unpaired) electrons. The van der Waals surface area contributed by atoms with E-state index in [1.54, 1.807) is 0 Å². The minimum Gasteiger partial charge on any atom is -0.394 e. The fourth-order valence-corrected chi connectivity index (χ4v) is 7.22. The zero-order valence-electron chi connectivity index (χ0n) is 34.9. The van der Waals surface area contributed by atoms with Crippen molar-refractivity contribution in [2.24, 2.45) is 0 Å². The Labute approximate surface area is 333 Å². The van der Waals surface area contributed by atoms with E-state index in [-0.39, 0.29) is 24.8 Å². The number of carbonyl (C=O) groups excluding carboxylic acids is 2. The van der Waals surface area contributed by atoms with E-state index in [2.05, 4.69) is 24.5 Å². The Kier molecular flexibility index (Phi) is 32.5. The average molecular weight is 789 g/mol. The molecular formula is C43H84N2O10. The van der Waals surface area contributed by atoms with Crippen LogP contribution >= 0.6 is 0 Å². The maximum Gasteiger partial charge on any atom is 0.220 e. The zero-order valence-corrected chi connectivity index (χ0v) is 34.9. The summed E-state index contributed by atoms with van der Waals surface area (Å²) in [7, 11) is 0. The fourth-order valence-electron chi connectivity index (χ4n) is 7.22. The van der Waals surface area contributed by atoms with Crippen molar-refractivity contribution in [1.82, 2.24) is 10.6 Å². The van der Waals surface area contributed by atoms with Crippen molar-refractivity contribution in [1.29, 1.82) is 0 Å². The van der Waals surface area contributed by atoms with Crippen LogP contribution in [0, 0.1) is 0 Å². The van der Waals surface area contributed by atoms with Crippen LogP contribution in [0.25, 0.3) is 0 Å². The Bertz CT molecular complexity index is 913. The first-order valence-corrected chi connectivity index (χ1v) is 22.5. The number of amides is 2. The van der Waals surface area contributed by atoms with E-state index in [0.717, 1.165) is 70.6 Å². The lowest BCUT2D eigenvalue weighted by atomic mass is 9.98. The lowest BCUT2D eigenvalue weighted by Gasteiger charge is -2.40. The van der Waals surface area contributed by atoms with E-state index in [9.17, 15) is 40.2 Å². The van der Waals surface area contributed by atoms with Crippen LogP contribution in [0.15, 0.2) is 0 Å². The molecule has 1 rings (SSSR count). The smallest absolute Gasteiger partial charge is 0.220 e. The Morgan fingerprint density at radius 2 is 1.05 bits per heavy atom. The van der Waals surface area contributed by atoms with Crippen LogP contribution in [0.5, 0.6) is 0 Å². The molecule has 0 aliphatic carbocycles. The molecule has 2 amide bonds. The van der Waals surface area contributed by atoms with Crippen molar-refractivity contribution in [3.05, 3.63) is 0 Å². The molecule has 8 atom stereocenters. The van der Waals surface area contributed by atoms with Crippen molar-refractivity contribution >= 4 is 11.8 Å². The number of aliphatic hydroxyl groups is 6. The van der Waals surface area contributed by atoms with E-state index in [1.165, 1.54) is 83.5 Å². The molecule has 12 nitrogen and oxygen atoms in total. The molecule has 55 heavy (non-hydrogen) atoms. The number of rotatable bonds is 37. The first-order valence-electron chi connectivity index (χ1n) is 22.5. The summed E-state index contributed by atoms with van der Waals surface area (Å²) in [4.78, 5) is 25.0. The molecule has 1 aliphatic rings. The zero-order chi connectivity index (χ0) is 40.5. The van der Waals surface area contributed by atoms with Crippen LogP contribution in [0.3, 0.4) is 0 Å². The minimum absolute atomic E-state index is 0.137. The Hall–Kier alpha value is -1.38. The highest BCUT2D eigenvalue weighted by atomic mass is 16.7. The third-order valence-corrected chi connectivity index (χ3v) is 11.0. The highest BCUT2D eigenvalue weighted by Gasteiger charge is 2.44. The second-order valence-corrected chi connectivity index (χ2v) is 16.0. The van der Waals surface area contributed by atoms with Gasteiger partial charge in [-0.1, -0.05) is 155 Å². The molecule has 0 aromatic rings. The molecule has 0 bridgehead atoms. The topological polar surface area (TPSA) is 198 Å². The molecule has 1 saturated heterocycles. The van der Waals surface area contributed by atoms with Crippen molar-refractivity contribution in [3.63, 3.8) is 0 Å². The molecule has 12 heteroatoms. The lowest BCUT2D eigenvalue weighted by molar-refractivity contribution is -0.303. The maximum atomic E-state index is 13.0. The second-order valence-electron chi connectivity index (χ2n) is 16.0. The van der Waals surface area contributed by atoms with Gasteiger partial charge in [0.05, 0.1) is 25.4 Å². The molecule has 0 aromatic carbocycles. The number of ether oxygens (including phenoxy) is 2. The van der Waals surface area contributed by atoms with Crippen LogP contribution in [-0.2, 0) is 19.1 Å². The molecule has 0 saturated carbocycles. The average Bonchev–Trinajstić information content (AvgIpc) is 3.18. The van der Waals surface area contributed by atoms with Crippen LogP contribution < -0.4 is 10.6 Å². The predicted molar refractivity (Wildman–Crippen MR) is 217 cm³/mol. The Morgan fingerprint density at radius 1 is 0.600 bits per heavy atom. The molecule has 8 N–H and O–H groups in total. The molecule has 0 spiro atoms. The van der Waals surface area contributed by atoms with E-state index in [4.69, 9.17) is 9.47 Å². The van der Waals surface area contributed by atoms with E-state index in [1.807, 2.05) is 0 Å². The summed E-state index contributed by atoms with van der Waals surface area (Å²) in [6.07, 6.45) is 19.3. The molecule has 1 aliphatic heterocycles. The largest absolute Gasteiger partial charge is 0.394 e. The predicted octanol–water partition coefficient (Wildman–Crippen LogP) is 6.09. The Balaban J connectivity index is 2.41. The molecular weight excluding hydrogens is 704 g/mol. The van der Waals surface area contributed by atoms with Crippen LogP contribution in [0.4, 0.5) is 0 Å². The van der Waals surface area contributed by atoms with Gasteiger partial charge in [0.15, 0.2) is 6.29 Å². The first-order chi connectivity index (χ1) is 26.7. The second kappa shape index (κ2) is 34.6. The fraction of sp³-hybridized carbons (Fsp3) is 0.953. The van der Waals surface area contributed by atoms with Gasteiger partial charge in [0, 0.05) is 19.4 Å². The van der Waals surface area contributed by atoms with Gasteiger partial charge in [-0.15, -0.1) is 0 Å². The summed E-state index contributed by atoms with van der Waals surface area (Å²) in [6, 6.07) is -1.02. The quantitative estimate of drug-likeness (QED) is 0.0341. The third-order valence-electron chi connectivity index (χ3n) is 11.0. The number of carbonyl (C=O) groups is 2. The summed E-state index contributed by atoms with van der Waals surface area (Å²) < 4.78 is 11.1. The molecule has 1 fully saturated rings. The summed E-state index contributed by atoms with van der Waals surface area (Å²) in [5.74, 6) is -0.166. The highest BCUT2D eigenvalue weighted by molar-refractivity contribution is 5.76. The summed E-state index contributed by atoms with van der Waals surface area (Å²) >= 11 is 0. The van der Waals surface area contributed by atoms with Crippen LogP contribution in [0.1, 0.15) is 194 Å². The van der Waals surface area contributed by atoms with E-state index >= 15 is 0 Å². The minimum atomic E-state index is -1.62. The summed E-state index contributed by atoms with van der Waals surface area (Å²) in [6.45, 7) is 4.19. The highest BCUT2D eigenvalue weighted by Crippen LogP contribution is 2.23. The maximum absolute atomic E-state index is 13.0. The normalized spacial score (nSPS) is 21.6. The van der Waals surface area contributed by atoms with Gasteiger partial charge < -0.3 is 50.7 Å². The van der Waals surface area contributed by atoms with Gasteiger partial charge in [0.25, 0.3) is 0 Å². The number of aliphatic hydroxyl groups excluding tert-OH is 6. The van der Waals surface area contributed by atoms with E-state index in [0.29, 0.717) is 25.8 Å². The monoisotopic (exact) mass is 789 g/mol. The number of unbranched alkanes of at least 4 members (excludes halogenated alkanes) is 22. The van der Waals surface area contributed by atoms with Gasteiger partial charge in [-0.2, -0.15) is 0 Å². The third kappa shape index (κ3) is 25.6. The molecule has 0 aromatic heterocycles. The molecule has 3 unspecified atom stereocenters. The van der Waals surface area contributed by atoms with Gasteiger partial charge >= 0.3 is 0 Å². The van der Waals surface area contributed by atoms with Crippen molar-refractivity contribution in [3.8, 4) is 0 Å². The Morgan fingerprint density at radius 3 is 1.56 bits per heavy atom. The number of hydrogen-bond donors (Lipinski definition) is 8. The van der Waals surface area contributed by atoms with Gasteiger partial charge in [-0.25, -0.2) is 0 Å². The van der Waals surface area contributed by atoms with Crippen molar-refractivity contribution in [2.45, 2.75) is 243 Å². The number of nitrogens with one attached hydrogen (secondary N) is 2. The van der Waals surface area contributed by atoms with Crippen molar-refractivity contribution < 1.29 is 49.7 Å². The lowest BCUT2D eigenvalue weighted by Crippen LogP contribution is -2.60. The SMILES string of the molecule is CCCCCCCCCCCCCCC(O)C(O)C(CO[C@H]1O[C@H](CO)[C@H](O)[C@H](O)[C@H]1O)NC(=O)CCCCCCCCNC(=O)CCCCCCCCC. The molecule has 1 heterocycles. The van der Waals surface area contributed by atoms with Gasteiger partial charge in [-0.05, 0) is 25.7 Å². The summed E-state index contributed by atoms with van der Waals surface area (Å²) in [5, 5.41) is 68.0. The van der Waals surface area contributed by atoms with E-state index < -0.39 is 55.6 Å². The van der Waals surface area contributed by atoms with Crippen LogP contribution in [-0.4, -0.2) is 111 Å².